The van der Waals surface area contributed by atoms with Gasteiger partial charge in [0.15, 0.2) is 11.0 Å². The van der Waals surface area contributed by atoms with Gasteiger partial charge in [0.05, 0.1) is 25.5 Å². The summed E-state index contributed by atoms with van der Waals surface area (Å²) in [6.45, 7) is 0.324. The molecule has 0 radical (unpaired) electrons. The van der Waals surface area contributed by atoms with E-state index in [0.717, 1.165) is 5.56 Å². The minimum Gasteiger partial charge on any atom is -0.496 e. The van der Waals surface area contributed by atoms with E-state index in [1.807, 2.05) is 54.6 Å². The summed E-state index contributed by atoms with van der Waals surface area (Å²) in [4.78, 5) is 29.8. The van der Waals surface area contributed by atoms with Gasteiger partial charge in [0.2, 0.25) is 0 Å². The highest BCUT2D eigenvalue weighted by Crippen LogP contribution is 2.29. The first-order valence-electron chi connectivity index (χ1n) is 10.5. The average Bonchev–Trinajstić information content (AvgIpc) is 2.89. The summed E-state index contributed by atoms with van der Waals surface area (Å²) >= 11 is 6.63. The molecule has 0 aliphatic carbocycles. The molecule has 1 N–H and O–H groups in total. The molecule has 0 amide bonds. The van der Waals surface area contributed by atoms with Crippen LogP contribution in [0.5, 0.6) is 5.75 Å². The highest BCUT2D eigenvalue weighted by molar-refractivity contribution is 6.32. The number of hydrogen-bond acceptors (Lipinski definition) is 6. The Morgan fingerprint density at radius 1 is 0.971 bits per heavy atom. The fraction of sp³-hybridized carbons (Fsp3) is 0.115. The van der Waals surface area contributed by atoms with Crippen molar-refractivity contribution in [2.75, 3.05) is 19.5 Å². The normalized spacial score (nSPS) is 10.6. The molecule has 0 saturated carbocycles. The molecule has 1 heterocycles. The van der Waals surface area contributed by atoms with E-state index >= 15 is 0 Å². The smallest absolute Gasteiger partial charge is 0.337 e. The predicted molar refractivity (Wildman–Crippen MR) is 132 cm³/mol. The summed E-state index contributed by atoms with van der Waals surface area (Å²) in [5.74, 6) is 0.355. The number of benzene rings is 3. The first-order chi connectivity index (χ1) is 16.5. The van der Waals surface area contributed by atoms with E-state index in [1.165, 1.54) is 11.7 Å². The Morgan fingerprint density at radius 2 is 1.65 bits per heavy atom. The van der Waals surface area contributed by atoms with Gasteiger partial charge in [-0.3, -0.25) is 9.36 Å². The number of anilines is 1. The molecule has 0 unspecified atom stereocenters. The van der Waals surface area contributed by atoms with E-state index in [0.29, 0.717) is 34.8 Å². The van der Waals surface area contributed by atoms with Crippen LogP contribution < -0.4 is 15.6 Å². The van der Waals surface area contributed by atoms with Crippen molar-refractivity contribution in [1.29, 1.82) is 0 Å². The minimum absolute atomic E-state index is 0.106. The molecular formula is C26H22ClN3O4. The SMILES string of the molecule is COC(=O)c1ccc(-c2c(Cl)nc(NCc3ccccc3OC)c(=O)n2-c2ccccc2)cc1. The lowest BCUT2D eigenvalue weighted by atomic mass is 10.1. The highest BCUT2D eigenvalue weighted by Gasteiger charge is 2.19. The number of esters is 1. The van der Waals surface area contributed by atoms with E-state index in [4.69, 9.17) is 21.1 Å². The molecule has 0 spiro atoms. The van der Waals surface area contributed by atoms with Crippen LogP contribution in [0.2, 0.25) is 5.15 Å². The second-order valence-corrected chi connectivity index (χ2v) is 7.67. The molecule has 1 aromatic heterocycles. The van der Waals surface area contributed by atoms with Crippen LogP contribution in [0.15, 0.2) is 83.7 Å². The molecule has 0 bridgehead atoms. The molecule has 3 aromatic carbocycles. The number of halogens is 1. The fourth-order valence-corrected chi connectivity index (χ4v) is 3.87. The Bertz CT molecular complexity index is 1370. The largest absolute Gasteiger partial charge is 0.496 e. The average molecular weight is 476 g/mol. The van der Waals surface area contributed by atoms with E-state index in [2.05, 4.69) is 10.3 Å². The quantitative estimate of drug-likeness (QED) is 0.380. The molecular weight excluding hydrogens is 454 g/mol. The Balaban J connectivity index is 1.81. The van der Waals surface area contributed by atoms with Crippen LogP contribution in [0, 0.1) is 0 Å². The van der Waals surface area contributed by atoms with Crippen LogP contribution >= 0.6 is 11.6 Å². The molecule has 8 heteroatoms. The second kappa shape index (κ2) is 10.2. The molecule has 4 aromatic rings. The number of hydrogen-bond donors (Lipinski definition) is 1. The van der Waals surface area contributed by atoms with Gasteiger partial charge >= 0.3 is 5.97 Å². The summed E-state index contributed by atoms with van der Waals surface area (Å²) in [6.07, 6.45) is 0. The number of carbonyl (C=O) groups is 1. The molecule has 0 saturated heterocycles. The number of para-hydroxylation sites is 2. The van der Waals surface area contributed by atoms with Gasteiger partial charge in [0.1, 0.15) is 5.75 Å². The van der Waals surface area contributed by atoms with Crippen LogP contribution in [-0.2, 0) is 11.3 Å². The minimum atomic E-state index is -0.452. The van der Waals surface area contributed by atoms with E-state index in [9.17, 15) is 9.59 Å². The molecule has 0 aliphatic rings. The molecule has 0 atom stereocenters. The third kappa shape index (κ3) is 4.65. The Kier molecular flexibility index (Phi) is 6.94. The first-order valence-corrected chi connectivity index (χ1v) is 10.8. The number of ether oxygens (including phenoxy) is 2. The summed E-state index contributed by atoms with van der Waals surface area (Å²) in [5.41, 5.74) is 2.57. The summed E-state index contributed by atoms with van der Waals surface area (Å²) in [6, 6.07) is 23.3. The molecule has 34 heavy (non-hydrogen) atoms. The Labute approximate surface area is 201 Å². The van der Waals surface area contributed by atoms with E-state index < -0.39 is 5.97 Å². The van der Waals surface area contributed by atoms with Gasteiger partial charge in [-0.2, -0.15) is 0 Å². The Morgan fingerprint density at radius 3 is 2.32 bits per heavy atom. The van der Waals surface area contributed by atoms with Crippen molar-refractivity contribution in [3.05, 3.63) is 105 Å². The first kappa shape index (κ1) is 23.1. The van der Waals surface area contributed by atoms with Crippen molar-refractivity contribution in [1.82, 2.24) is 9.55 Å². The van der Waals surface area contributed by atoms with Crippen molar-refractivity contribution >= 4 is 23.4 Å². The molecule has 0 aliphatic heterocycles. The standard InChI is InChI=1S/C26H22ClN3O4/c1-33-21-11-7-6-8-19(21)16-28-24-25(31)30(20-9-4-3-5-10-20)22(23(27)29-24)17-12-14-18(15-13-17)26(32)34-2/h3-15H,16H2,1-2H3,(H,28,29). The topological polar surface area (TPSA) is 82.5 Å². The number of methoxy groups -OCH3 is 2. The van der Waals surface area contributed by atoms with Crippen LogP contribution in [0.3, 0.4) is 0 Å². The maximum absolute atomic E-state index is 13.6. The third-order valence-electron chi connectivity index (χ3n) is 5.27. The second-order valence-electron chi connectivity index (χ2n) is 7.31. The zero-order valence-electron chi connectivity index (χ0n) is 18.6. The number of nitrogens with one attached hydrogen (secondary N) is 1. The van der Waals surface area contributed by atoms with Crippen LogP contribution in [0.25, 0.3) is 16.9 Å². The van der Waals surface area contributed by atoms with Gasteiger partial charge < -0.3 is 14.8 Å². The Hall–Kier alpha value is -4.10. The van der Waals surface area contributed by atoms with Crippen molar-refractivity contribution in [2.24, 2.45) is 0 Å². The monoisotopic (exact) mass is 475 g/mol. The predicted octanol–water partition coefficient (Wildman–Crippen LogP) is 4.96. The molecule has 7 nitrogen and oxygen atoms in total. The zero-order chi connectivity index (χ0) is 24.1. The summed E-state index contributed by atoms with van der Waals surface area (Å²) in [7, 11) is 2.91. The van der Waals surface area contributed by atoms with Gasteiger partial charge in [0.25, 0.3) is 5.56 Å². The van der Waals surface area contributed by atoms with Gasteiger partial charge in [0, 0.05) is 23.4 Å². The van der Waals surface area contributed by atoms with E-state index in [-0.39, 0.29) is 16.5 Å². The molecule has 0 fully saturated rings. The lowest BCUT2D eigenvalue weighted by Gasteiger charge is -2.17. The fourth-order valence-electron chi connectivity index (χ4n) is 3.60. The number of rotatable bonds is 7. The van der Waals surface area contributed by atoms with Gasteiger partial charge in [-0.25, -0.2) is 9.78 Å². The summed E-state index contributed by atoms with van der Waals surface area (Å²) < 4.78 is 11.7. The van der Waals surface area contributed by atoms with Crippen molar-refractivity contribution in [2.45, 2.75) is 6.54 Å². The number of carbonyl (C=O) groups excluding carboxylic acids is 1. The van der Waals surface area contributed by atoms with Crippen LogP contribution in [0.1, 0.15) is 15.9 Å². The molecule has 4 rings (SSSR count). The number of aromatic nitrogens is 2. The van der Waals surface area contributed by atoms with Gasteiger partial charge in [-0.15, -0.1) is 0 Å². The van der Waals surface area contributed by atoms with Crippen LogP contribution in [0.4, 0.5) is 5.82 Å². The maximum atomic E-state index is 13.6. The maximum Gasteiger partial charge on any atom is 0.337 e. The summed E-state index contributed by atoms with van der Waals surface area (Å²) in [5, 5.41) is 3.23. The third-order valence-corrected chi connectivity index (χ3v) is 5.53. The van der Waals surface area contributed by atoms with Crippen molar-refractivity contribution in [3.63, 3.8) is 0 Å². The van der Waals surface area contributed by atoms with Crippen LogP contribution in [-0.4, -0.2) is 29.7 Å². The lowest BCUT2D eigenvalue weighted by Crippen LogP contribution is -2.25. The van der Waals surface area contributed by atoms with Gasteiger partial charge in [-0.1, -0.05) is 60.1 Å². The van der Waals surface area contributed by atoms with Crippen molar-refractivity contribution in [3.8, 4) is 22.7 Å². The highest BCUT2D eigenvalue weighted by atomic mass is 35.5. The zero-order valence-corrected chi connectivity index (χ0v) is 19.4. The van der Waals surface area contributed by atoms with E-state index in [1.54, 1.807) is 31.4 Å². The molecule has 172 valence electrons. The number of nitrogens with zero attached hydrogens (tertiary/aromatic N) is 2. The van der Waals surface area contributed by atoms with Crippen molar-refractivity contribution < 1.29 is 14.3 Å². The van der Waals surface area contributed by atoms with Gasteiger partial charge in [-0.05, 0) is 30.3 Å². The lowest BCUT2D eigenvalue weighted by molar-refractivity contribution is 0.0600.